The van der Waals surface area contributed by atoms with Gasteiger partial charge in [0.05, 0.1) is 16.8 Å². The first-order valence-electron chi connectivity index (χ1n) is 38.9. The van der Waals surface area contributed by atoms with Crippen LogP contribution in [0, 0.1) is 0 Å². The molecule has 0 atom stereocenters. The predicted octanol–water partition coefficient (Wildman–Crippen LogP) is 28.7. The van der Waals surface area contributed by atoms with Gasteiger partial charge in [0.2, 0.25) is 0 Å². The van der Waals surface area contributed by atoms with Crippen molar-refractivity contribution < 1.29 is 37.9 Å². The van der Waals surface area contributed by atoms with Crippen LogP contribution in [0.3, 0.4) is 0 Å². The van der Waals surface area contributed by atoms with Gasteiger partial charge < -0.3 is 37.9 Å². The van der Waals surface area contributed by atoms with Crippen LogP contribution in [0.1, 0.15) is 86.3 Å². The van der Waals surface area contributed by atoms with Crippen LogP contribution in [0.4, 0.5) is 0 Å². The molecule has 588 valence electrons. The van der Waals surface area contributed by atoms with Crippen molar-refractivity contribution in [3.05, 3.63) is 450 Å². The van der Waals surface area contributed by atoms with Gasteiger partial charge in [0.1, 0.15) is 98.9 Å². The molecule has 12 aromatic carbocycles. The molecule has 0 N–H and O–H groups in total. The second kappa shape index (κ2) is 41.9. The molecular formula is C102H84O8S8. The Bertz CT molecular complexity index is 4880. The van der Waals surface area contributed by atoms with Crippen LogP contribution in [0.2, 0.25) is 0 Å². The van der Waals surface area contributed by atoms with E-state index in [4.69, 9.17) is 37.9 Å². The quantitative estimate of drug-likeness (QED) is 0.0344. The molecule has 0 radical (unpaired) electrons. The number of benzene rings is 12. The average molecular weight is 1690 g/mol. The maximum absolute atomic E-state index is 6.54. The average Bonchev–Trinajstić information content (AvgIpc) is 1.62. The fourth-order valence-electron chi connectivity index (χ4n) is 12.9. The predicted molar refractivity (Wildman–Crippen MR) is 492 cm³/mol. The monoisotopic (exact) mass is 1690 g/mol. The highest BCUT2D eigenvalue weighted by Gasteiger charge is 2.24. The van der Waals surface area contributed by atoms with Gasteiger partial charge in [0.25, 0.3) is 0 Å². The van der Waals surface area contributed by atoms with Gasteiger partial charge in [-0.3, -0.25) is 0 Å². The van der Waals surface area contributed by atoms with Crippen LogP contribution in [0.25, 0.3) is 11.1 Å². The third kappa shape index (κ3) is 24.1. The van der Waals surface area contributed by atoms with Crippen LogP contribution < -0.4 is 37.9 Å². The summed E-state index contributed by atoms with van der Waals surface area (Å²) in [6.45, 7) is 3.53. The van der Waals surface area contributed by atoms with Crippen LogP contribution in [-0.4, -0.2) is 0 Å². The van der Waals surface area contributed by atoms with E-state index in [1.54, 1.807) is 0 Å². The lowest BCUT2D eigenvalue weighted by atomic mass is 10.0. The van der Waals surface area contributed by atoms with E-state index >= 15 is 0 Å². The van der Waals surface area contributed by atoms with Gasteiger partial charge >= 0.3 is 0 Å². The smallest absolute Gasteiger partial charge is 0.123 e. The van der Waals surface area contributed by atoms with Crippen LogP contribution >= 0.6 is 92.4 Å². The van der Waals surface area contributed by atoms with E-state index in [0.717, 1.165) is 113 Å². The summed E-state index contributed by atoms with van der Waals surface area (Å²) in [7, 11) is 0. The normalized spacial score (nSPS) is 11.1. The molecule has 0 saturated carbocycles. The minimum Gasteiger partial charge on any atom is -0.489 e. The molecule has 0 aliphatic rings. The van der Waals surface area contributed by atoms with Crippen molar-refractivity contribution in [2.24, 2.45) is 0 Å². The molecule has 16 heteroatoms. The van der Waals surface area contributed by atoms with E-state index < -0.39 is 0 Å². The van der Waals surface area contributed by atoms with E-state index in [-0.39, 0.29) is 0 Å². The number of hydrogen-bond acceptors (Lipinski definition) is 16. The molecule has 4 aromatic heterocycles. The van der Waals surface area contributed by atoms with Gasteiger partial charge in [0.15, 0.2) is 0 Å². The third-order valence-corrected chi connectivity index (χ3v) is 28.4. The van der Waals surface area contributed by atoms with E-state index in [2.05, 4.69) is 194 Å². The van der Waals surface area contributed by atoms with Crippen LogP contribution in [0.15, 0.2) is 381 Å². The second-order valence-electron chi connectivity index (χ2n) is 27.8. The first kappa shape index (κ1) is 80.8. The van der Waals surface area contributed by atoms with Crippen LogP contribution in [0.5, 0.6) is 46.0 Å². The Labute approximate surface area is 724 Å². The van der Waals surface area contributed by atoms with E-state index in [9.17, 15) is 0 Å². The van der Waals surface area contributed by atoms with Crippen molar-refractivity contribution in [1.29, 1.82) is 0 Å². The lowest BCUT2D eigenvalue weighted by Gasteiger charge is -2.13. The zero-order chi connectivity index (χ0) is 79.5. The molecular weight excluding hydrogens is 1610 g/mol. The molecule has 0 bridgehead atoms. The fraction of sp³-hybridized carbons (Fsp3) is 0.118. The van der Waals surface area contributed by atoms with Gasteiger partial charge in [0, 0.05) is 77.9 Å². The van der Waals surface area contributed by atoms with Crippen molar-refractivity contribution >= 4 is 104 Å². The van der Waals surface area contributed by atoms with Crippen molar-refractivity contribution in [2.75, 3.05) is 0 Å². The number of rotatable bonds is 40. The SMILES string of the molecule is c1ccc(COc2cc(CSc3ccc(C(=C(c4ccc(SCc5cc(OCc6ccccc6)cc(OCc6ccccc6)c5)s4)c4ccc(SCc5cc(OCc6ccccc6)cc(OCc6ccccc6)c5)s4)c4ccc(SCc5cc(OCc6ccccc6)cc(OCc6ccccc6)c5)s4)s3)cc(OCc3ccccc3)c2)cc1. The molecule has 8 nitrogen and oxygen atoms in total. The zero-order valence-electron chi connectivity index (χ0n) is 64.7. The van der Waals surface area contributed by atoms with Crippen molar-refractivity contribution in [1.82, 2.24) is 0 Å². The van der Waals surface area contributed by atoms with Gasteiger partial charge in [-0.25, -0.2) is 0 Å². The molecule has 118 heavy (non-hydrogen) atoms. The highest BCUT2D eigenvalue weighted by Crippen LogP contribution is 2.50. The first-order chi connectivity index (χ1) is 58.3. The molecule has 4 heterocycles. The molecule has 0 saturated heterocycles. The Morgan fingerprint density at radius 2 is 0.322 bits per heavy atom. The minimum atomic E-state index is 0.441. The number of thioether (sulfide) groups is 4. The Hall–Kier alpha value is -11.0. The number of ether oxygens (including phenoxy) is 8. The van der Waals surface area contributed by atoms with Crippen molar-refractivity contribution in [3.8, 4) is 46.0 Å². The van der Waals surface area contributed by atoms with Crippen molar-refractivity contribution in [3.63, 3.8) is 0 Å². The second-order valence-corrected chi connectivity index (χ2v) is 37.3. The summed E-state index contributed by atoms with van der Waals surface area (Å²) in [5.41, 5.74) is 15.5. The molecule has 0 aliphatic carbocycles. The lowest BCUT2D eigenvalue weighted by molar-refractivity contribution is 0.289. The molecule has 0 amide bonds. The summed E-state index contributed by atoms with van der Waals surface area (Å²) in [4.78, 5) is 4.67. The Balaban J connectivity index is 0.753. The van der Waals surface area contributed by atoms with E-state index in [1.807, 2.05) is 262 Å². The third-order valence-electron chi connectivity index (χ3n) is 18.8. The summed E-state index contributed by atoms with van der Waals surface area (Å²) in [6, 6.07) is 126. The highest BCUT2D eigenvalue weighted by molar-refractivity contribution is 8.01. The van der Waals surface area contributed by atoms with Gasteiger partial charge in [-0.2, -0.15) is 0 Å². The maximum Gasteiger partial charge on any atom is 0.123 e. The summed E-state index contributed by atoms with van der Waals surface area (Å²) < 4.78 is 57.1. The maximum atomic E-state index is 6.54. The van der Waals surface area contributed by atoms with Crippen molar-refractivity contribution in [2.45, 2.75) is 92.7 Å². The van der Waals surface area contributed by atoms with Gasteiger partial charge in [-0.15, -0.1) is 92.4 Å². The van der Waals surface area contributed by atoms with Crippen LogP contribution in [-0.2, 0) is 75.9 Å². The first-order valence-corrected chi connectivity index (χ1v) is 46.1. The topological polar surface area (TPSA) is 73.8 Å². The molecule has 16 aromatic rings. The van der Waals surface area contributed by atoms with E-state index in [0.29, 0.717) is 75.9 Å². The summed E-state index contributed by atoms with van der Waals surface area (Å²) >= 11 is 14.7. The molecule has 0 fully saturated rings. The molecule has 0 unspecified atom stereocenters. The minimum absolute atomic E-state index is 0.441. The lowest BCUT2D eigenvalue weighted by Crippen LogP contribution is -1.99. The Morgan fingerprint density at radius 1 is 0.169 bits per heavy atom. The Morgan fingerprint density at radius 3 is 0.475 bits per heavy atom. The molecule has 0 spiro atoms. The summed E-state index contributed by atoms with van der Waals surface area (Å²) in [5.74, 6) is 8.86. The molecule has 0 aliphatic heterocycles. The summed E-state index contributed by atoms with van der Waals surface area (Å²) in [5, 5.41) is 0. The largest absolute Gasteiger partial charge is 0.489 e. The Kier molecular flexibility index (Phi) is 28.7. The number of thiophene rings is 4. The highest BCUT2D eigenvalue weighted by atomic mass is 32.2. The fourth-order valence-corrected chi connectivity index (χ4v) is 21.6. The van der Waals surface area contributed by atoms with E-state index in [1.165, 1.54) is 47.5 Å². The summed E-state index contributed by atoms with van der Waals surface area (Å²) in [6.07, 6.45) is 0. The number of hydrogen-bond donors (Lipinski definition) is 0. The van der Waals surface area contributed by atoms with Gasteiger partial charge in [-0.1, -0.05) is 243 Å². The van der Waals surface area contributed by atoms with Gasteiger partial charge in [-0.05, 0) is 164 Å². The standard InChI is InChI=1S/C102H84O8S8/c1-9-25-73(26-10-1)61-103-85-49-81(50-86(57-85)104-62-74-27-11-2-12-28-74)69-111-97-45-41-93(115-97)101(94-42-46-98(116-94)112-70-82-51-87(105-63-75-29-13-3-14-30-75)58-88(52-82)106-64-76-31-15-4-16-32-76)102(95-43-47-99(117-95)113-71-83-53-89(107-65-77-33-17-5-18-34-77)59-90(54-83)108-66-78-35-19-6-20-36-78)96-44-48-100(118-96)114-72-84-55-91(109-67-79-37-21-7-22-38-79)60-92(56-84)110-68-80-39-23-8-24-40-80/h1-60H,61-72H2. The zero-order valence-corrected chi connectivity index (χ0v) is 71.2. The molecule has 16 rings (SSSR count).